The summed E-state index contributed by atoms with van der Waals surface area (Å²) in [4.78, 5) is 8.71. The Balaban J connectivity index is 2.08. The Morgan fingerprint density at radius 1 is 1.12 bits per heavy atom. The van der Waals surface area contributed by atoms with E-state index in [-0.39, 0.29) is 0 Å². The minimum atomic E-state index is 0.639. The van der Waals surface area contributed by atoms with Gasteiger partial charge in [0, 0.05) is 18.8 Å². The molecule has 0 spiro atoms. The molecule has 0 amide bonds. The molecule has 0 aliphatic heterocycles. The Morgan fingerprint density at radius 3 is 2.53 bits per heavy atom. The third-order valence-electron chi connectivity index (χ3n) is 2.64. The van der Waals surface area contributed by atoms with Crippen LogP contribution in [-0.4, -0.2) is 16.5 Å². The summed E-state index contributed by atoms with van der Waals surface area (Å²) < 4.78 is 0. The summed E-state index contributed by atoms with van der Waals surface area (Å²) in [5, 5.41) is 0. The van der Waals surface area contributed by atoms with Gasteiger partial charge in [-0.05, 0) is 31.0 Å². The minimum Gasteiger partial charge on any atom is -0.330 e. The maximum Gasteiger partial charge on any atom is 0.132 e. The lowest BCUT2D eigenvalue weighted by Gasteiger charge is -2.03. The van der Waals surface area contributed by atoms with Crippen molar-refractivity contribution >= 4 is 0 Å². The minimum absolute atomic E-state index is 0.639. The van der Waals surface area contributed by atoms with Crippen LogP contribution >= 0.6 is 0 Å². The van der Waals surface area contributed by atoms with Gasteiger partial charge in [-0.2, -0.15) is 0 Å². The summed E-state index contributed by atoms with van der Waals surface area (Å²) in [5.41, 5.74) is 9.09. The van der Waals surface area contributed by atoms with Crippen LogP contribution in [0, 0.1) is 6.92 Å². The van der Waals surface area contributed by atoms with Gasteiger partial charge in [-0.15, -0.1) is 0 Å². The predicted octanol–water partition coefficient (Wildman–Crippen LogP) is 1.88. The van der Waals surface area contributed by atoms with Crippen LogP contribution in [0.2, 0.25) is 0 Å². The predicted molar refractivity (Wildman–Crippen MR) is 68.8 cm³/mol. The van der Waals surface area contributed by atoms with Gasteiger partial charge in [-0.1, -0.05) is 29.8 Å². The highest BCUT2D eigenvalue weighted by Gasteiger charge is 2.00. The second-order valence-corrected chi connectivity index (χ2v) is 4.21. The zero-order valence-corrected chi connectivity index (χ0v) is 10.1. The van der Waals surface area contributed by atoms with Crippen LogP contribution in [0.15, 0.2) is 36.7 Å². The fourth-order valence-corrected chi connectivity index (χ4v) is 1.77. The van der Waals surface area contributed by atoms with Gasteiger partial charge in [0.15, 0.2) is 0 Å². The topological polar surface area (TPSA) is 51.8 Å². The molecule has 3 nitrogen and oxygen atoms in total. The highest BCUT2D eigenvalue weighted by atomic mass is 14.9. The third-order valence-corrected chi connectivity index (χ3v) is 2.64. The van der Waals surface area contributed by atoms with Crippen LogP contribution in [-0.2, 0) is 12.8 Å². The van der Waals surface area contributed by atoms with Crippen molar-refractivity contribution in [2.75, 3.05) is 6.54 Å². The van der Waals surface area contributed by atoms with Crippen molar-refractivity contribution in [3.63, 3.8) is 0 Å². The SMILES string of the molecule is Cc1cccc(Cc2ncc(CCN)cn2)c1. The second kappa shape index (κ2) is 5.55. The molecule has 0 radical (unpaired) electrons. The summed E-state index contributed by atoms with van der Waals surface area (Å²) in [7, 11) is 0. The van der Waals surface area contributed by atoms with Gasteiger partial charge in [0.2, 0.25) is 0 Å². The first-order valence-electron chi connectivity index (χ1n) is 5.83. The molecule has 2 N–H and O–H groups in total. The molecule has 2 rings (SSSR count). The first-order chi connectivity index (χ1) is 8.28. The molecule has 0 aliphatic carbocycles. The molecular formula is C14H17N3. The molecule has 1 aromatic carbocycles. The van der Waals surface area contributed by atoms with Gasteiger partial charge in [0.25, 0.3) is 0 Å². The summed E-state index contributed by atoms with van der Waals surface area (Å²) in [6, 6.07) is 8.42. The quantitative estimate of drug-likeness (QED) is 0.867. The van der Waals surface area contributed by atoms with E-state index in [9.17, 15) is 0 Å². The normalized spacial score (nSPS) is 10.5. The van der Waals surface area contributed by atoms with Crippen molar-refractivity contribution in [2.45, 2.75) is 19.8 Å². The van der Waals surface area contributed by atoms with E-state index in [1.165, 1.54) is 11.1 Å². The highest BCUT2D eigenvalue weighted by molar-refractivity contribution is 5.24. The maximum atomic E-state index is 5.48. The van der Waals surface area contributed by atoms with Gasteiger partial charge in [-0.3, -0.25) is 0 Å². The number of benzene rings is 1. The van der Waals surface area contributed by atoms with Crippen molar-refractivity contribution in [3.05, 3.63) is 59.2 Å². The summed E-state index contributed by atoms with van der Waals surface area (Å²) in [6.45, 7) is 2.73. The summed E-state index contributed by atoms with van der Waals surface area (Å²) in [5.74, 6) is 0.858. The number of nitrogens with zero attached hydrogens (tertiary/aromatic N) is 2. The van der Waals surface area contributed by atoms with E-state index in [1.54, 1.807) is 0 Å². The number of hydrogen-bond acceptors (Lipinski definition) is 3. The van der Waals surface area contributed by atoms with Gasteiger partial charge in [0.1, 0.15) is 5.82 Å². The van der Waals surface area contributed by atoms with Crippen LogP contribution in [0.4, 0.5) is 0 Å². The average Bonchev–Trinajstić information content (AvgIpc) is 2.32. The molecule has 1 aromatic heterocycles. The van der Waals surface area contributed by atoms with Gasteiger partial charge >= 0.3 is 0 Å². The molecule has 3 heteroatoms. The van der Waals surface area contributed by atoms with Crippen LogP contribution in [0.25, 0.3) is 0 Å². The maximum absolute atomic E-state index is 5.48. The van der Waals surface area contributed by atoms with E-state index in [0.717, 1.165) is 24.2 Å². The van der Waals surface area contributed by atoms with Crippen molar-refractivity contribution in [1.82, 2.24) is 9.97 Å². The smallest absolute Gasteiger partial charge is 0.132 e. The molecule has 0 aliphatic rings. The molecule has 0 atom stereocenters. The number of aryl methyl sites for hydroxylation is 1. The molecule has 0 saturated heterocycles. The molecule has 88 valence electrons. The average molecular weight is 227 g/mol. The zero-order valence-electron chi connectivity index (χ0n) is 10.1. The lowest BCUT2D eigenvalue weighted by atomic mass is 10.1. The van der Waals surface area contributed by atoms with E-state index in [4.69, 9.17) is 5.73 Å². The van der Waals surface area contributed by atoms with Gasteiger partial charge in [-0.25, -0.2) is 9.97 Å². The molecule has 0 unspecified atom stereocenters. The fraction of sp³-hybridized carbons (Fsp3) is 0.286. The third kappa shape index (κ3) is 3.36. The lowest BCUT2D eigenvalue weighted by Crippen LogP contribution is -2.05. The number of aromatic nitrogens is 2. The van der Waals surface area contributed by atoms with E-state index in [2.05, 4.69) is 41.2 Å². The molecule has 1 heterocycles. The highest BCUT2D eigenvalue weighted by Crippen LogP contribution is 2.08. The van der Waals surface area contributed by atoms with Gasteiger partial charge < -0.3 is 5.73 Å². The Morgan fingerprint density at radius 2 is 1.88 bits per heavy atom. The molecule has 2 aromatic rings. The number of nitrogens with two attached hydrogens (primary N) is 1. The standard InChI is InChI=1S/C14H17N3/c1-11-3-2-4-12(7-11)8-14-16-9-13(5-6-15)10-17-14/h2-4,7,9-10H,5-6,8,15H2,1H3. The second-order valence-electron chi connectivity index (χ2n) is 4.21. The zero-order chi connectivity index (χ0) is 12.1. The van der Waals surface area contributed by atoms with Crippen LogP contribution in [0.3, 0.4) is 0 Å². The van der Waals surface area contributed by atoms with E-state index in [1.807, 2.05) is 12.4 Å². The van der Waals surface area contributed by atoms with Crippen molar-refractivity contribution in [2.24, 2.45) is 5.73 Å². The van der Waals surface area contributed by atoms with Crippen LogP contribution in [0.5, 0.6) is 0 Å². The largest absolute Gasteiger partial charge is 0.330 e. The van der Waals surface area contributed by atoms with Crippen LogP contribution in [0.1, 0.15) is 22.5 Å². The monoisotopic (exact) mass is 227 g/mol. The first-order valence-corrected chi connectivity index (χ1v) is 5.83. The number of hydrogen-bond donors (Lipinski definition) is 1. The van der Waals surface area contributed by atoms with Crippen molar-refractivity contribution in [3.8, 4) is 0 Å². The summed E-state index contributed by atoms with van der Waals surface area (Å²) >= 11 is 0. The van der Waals surface area contributed by atoms with Crippen LogP contribution < -0.4 is 5.73 Å². The molecule has 0 saturated carbocycles. The van der Waals surface area contributed by atoms with Gasteiger partial charge in [0.05, 0.1) is 0 Å². The fourth-order valence-electron chi connectivity index (χ4n) is 1.77. The molecule has 0 fully saturated rings. The van der Waals surface area contributed by atoms with Crippen molar-refractivity contribution < 1.29 is 0 Å². The lowest BCUT2D eigenvalue weighted by molar-refractivity contribution is 0.901. The van der Waals surface area contributed by atoms with E-state index < -0.39 is 0 Å². The Kier molecular flexibility index (Phi) is 3.83. The Bertz CT molecular complexity index is 477. The molecule has 17 heavy (non-hydrogen) atoms. The number of rotatable bonds is 4. The first kappa shape index (κ1) is 11.7. The molecular weight excluding hydrogens is 210 g/mol. The van der Waals surface area contributed by atoms with E-state index in [0.29, 0.717) is 6.54 Å². The Labute approximate surface area is 102 Å². The Hall–Kier alpha value is -1.74. The molecule has 0 bridgehead atoms. The summed E-state index contributed by atoms with van der Waals surface area (Å²) in [6.07, 6.45) is 5.35. The van der Waals surface area contributed by atoms with Crippen molar-refractivity contribution in [1.29, 1.82) is 0 Å². The van der Waals surface area contributed by atoms with E-state index >= 15 is 0 Å².